The van der Waals surface area contributed by atoms with Gasteiger partial charge in [-0.25, -0.2) is 13.2 Å². The van der Waals surface area contributed by atoms with E-state index in [1.165, 1.54) is 13.1 Å². The molecule has 12 heteroatoms. The van der Waals surface area contributed by atoms with Crippen LogP contribution < -0.4 is 27.6 Å². The Labute approximate surface area is 192 Å². The van der Waals surface area contributed by atoms with E-state index >= 15 is 0 Å². The lowest BCUT2D eigenvalue weighted by Gasteiger charge is -2.17. The molecular formula is C22H23F3N6O3. The Morgan fingerprint density at radius 1 is 1.15 bits per heavy atom. The monoisotopic (exact) mass is 476 g/mol. The van der Waals surface area contributed by atoms with Crippen LogP contribution in [-0.4, -0.2) is 27.7 Å². The first-order valence-corrected chi connectivity index (χ1v) is 10.6. The lowest BCUT2D eigenvalue weighted by atomic mass is 10.0. The minimum Gasteiger partial charge on any atom is -0.399 e. The molecule has 1 aliphatic carbocycles. The Kier molecular flexibility index (Phi) is 5.86. The topological polar surface area (TPSA) is 144 Å². The van der Waals surface area contributed by atoms with Gasteiger partial charge in [0, 0.05) is 36.3 Å². The molecule has 2 aromatic rings. The zero-order valence-electron chi connectivity index (χ0n) is 18.2. The van der Waals surface area contributed by atoms with Gasteiger partial charge in [-0.15, -0.1) is 0 Å². The van der Waals surface area contributed by atoms with Gasteiger partial charge in [0.1, 0.15) is 5.69 Å². The number of amides is 2. The number of nitrogens with two attached hydrogens (primary N) is 2. The third-order valence-corrected chi connectivity index (χ3v) is 6.19. The summed E-state index contributed by atoms with van der Waals surface area (Å²) in [7, 11) is 0. The third kappa shape index (κ3) is 3.89. The highest BCUT2D eigenvalue weighted by atomic mass is 19.2. The van der Waals surface area contributed by atoms with E-state index in [2.05, 4.69) is 16.1 Å². The molecule has 0 saturated heterocycles. The molecule has 2 aliphatic rings. The summed E-state index contributed by atoms with van der Waals surface area (Å²) in [6.45, 7) is 1.94. The minimum absolute atomic E-state index is 0.0849. The fourth-order valence-corrected chi connectivity index (χ4v) is 4.36. The maximum Gasteiger partial charge on any atom is 0.293 e. The highest BCUT2D eigenvalue weighted by Crippen LogP contribution is 2.40. The number of ketones is 1. The molecule has 0 spiro atoms. The standard InChI is InChI=1S/C22H23F3N6O3/c1-10-16(19(32)21(34)30-22(4-5-22)15(26)9-28-27)14-3-2-6-31(14)18(10)20(33)29-11-7-12(23)17(25)13(24)8-11/h7-9,28H,2-6,26-27H2,1H3,(H,29,33)(H,30,34)/b15-9-. The van der Waals surface area contributed by atoms with Gasteiger partial charge in [0.15, 0.2) is 17.5 Å². The average molecular weight is 476 g/mol. The molecule has 9 nitrogen and oxygen atoms in total. The third-order valence-electron chi connectivity index (χ3n) is 6.19. The molecule has 2 heterocycles. The van der Waals surface area contributed by atoms with E-state index in [1.807, 2.05) is 0 Å². The van der Waals surface area contributed by atoms with Crippen LogP contribution in [0.4, 0.5) is 18.9 Å². The predicted molar refractivity (Wildman–Crippen MR) is 116 cm³/mol. The van der Waals surface area contributed by atoms with E-state index in [0.29, 0.717) is 50.1 Å². The molecular weight excluding hydrogens is 453 g/mol. The molecule has 34 heavy (non-hydrogen) atoms. The molecule has 0 radical (unpaired) electrons. The second-order valence-corrected chi connectivity index (χ2v) is 8.39. The summed E-state index contributed by atoms with van der Waals surface area (Å²) in [5.41, 5.74) is 8.35. The number of hydrazine groups is 1. The SMILES string of the molecule is Cc1c(C(=O)C(=O)NC2(/C(N)=C/NN)CC2)c2n(c1C(=O)Nc1cc(F)c(F)c(F)c1)CCC2. The number of halogens is 3. The Hall–Kier alpha value is -3.80. The molecule has 1 aromatic heterocycles. The summed E-state index contributed by atoms with van der Waals surface area (Å²) in [5, 5.41) is 4.99. The van der Waals surface area contributed by atoms with Crippen molar-refractivity contribution < 1.29 is 27.6 Å². The fourth-order valence-electron chi connectivity index (χ4n) is 4.36. The van der Waals surface area contributed by atoms with Crippen molar-refractivity contribution >= 4 is 23.3 Å². The zero-order valence-corrected chi connectivity index (χ0v) is 18.2. The van der Waals surface area contributed by atoms with Crippen molar-refractivity contribution in [1.82, 2.24) is 15.3 Å². The van der Waals surface area contributed by atoms with Crippen molar-refractivity contribution in [2.45, 2.75) is 44.7 Å². The van der Waals surface area contributed by atoms with Crippen molar-refractivity contribution in [3.05, 3.63) is 64.0 Å². The van der Waals surface area contributed by atoms with Gasteiger partial charge in [0.2, 0.25) is 0 Å². The molecule has 0 unspecified atom stereocenters. The molecule has 1 aliphatic heterocycles. The van der Waals surface area contributed by atoms with E-state index in [0.717, 1.165) is 0 Å². The van der Waals surface area contributed by atoms with Gasteiger partial charge in [-0.1, -0.05) is 0 Å². The van der Waals surface area contributed by atoms with Crippen LogP contribution >= 0.6 is 0 Å². The van der Waals surface area contributed by atoms with E-state index in [9.17, 15) is 27.6 Å². The molecule has 180 valence electrons. The first-order chi connectivity index (χ1) is 16.1. The number of hydrogen-bond donors (Lipinski definition) is 5. The second-order valence-electron chi connectivity index (χ2n) is 8.39. The number of nitrogens with one attached hydrogen (secondary N) is 3. The van der Waals surface area contributed by atoms with Gasteiger partial charge in [-0.3, -0.25) is 20.2 Å². The summed E-state index contributed by atoms with van der Waals surface area (Å²) in [4.78, 5) is 38.9. The Morgan fingerprint density at radius 2 is 1.79 bits per heavy atom. The van der Waals surface area contributed by atoms with Crippen molar-refractivity contribution in [1.29, 1.82) is 0 Å². The molecule has 2 amide bonds. The van der Waals surface area contributed by atoms with Crippen molar-refractivity contribution in [2.75, 3.05) is 5.32 Å². The van der Waals surface area contributed by atoms with Crippen LogP contribution in [0.25, 0.3) is 0 Å². The Morgan fingerprint density at radius 3 is 2.38 bits per heavy atom. The van der Waals surface area contributed by atoms with E-state index in [-0.39, 0.29) is 28.2 Å². The summed E-state index contributed by atoms with van der Waals surface area (Å²) in [6.07, 6.45) is 3.53. The highest BCUT2D eigenvalue weighted by molar-refractivity contribution is 6.44. The first-order valence-electron chi connectivity index (χ1n) is 10.6. The number of anilines is 1. The fraction of sp³-hybridized carbons (Fsp3) is 0.318. The van der Waals surface area contributed by atoms with E-state index < -0.39 is 40.6 Å². The van der Waals surface area contributed by atoms with Gasteiger partial charge >= 0.3 is 0 Å². The van der Waals surface area contributed by atoms with Crippen LogP contribution in [0.3, 0.4) is 0 Å². The summed E-state index contributed by atoms with van der Waals surface area (Å²) >= 11 is 0. The van der Waals surface area contributed by atoms with Crippen LogP contribution in [0.15, 0.2) is 24.0 Å². The maximum absolute atomic E-state index is 13.6. The van der Waals surface area contributed by atoms with Gasteiger partial charge < -0.3 is 26.4 Å². The Bertz CT molecular complexity index is 1230. The van der Waals surface area contributed by atoms with Crippen molar-refractivity contribution in [2.24, 2.45) is 11.6 Å². The molecule has 0 bridgehead atoms. The number of carbonyl (C=O) groups is 3. The second kappa shape index (κ2) is 8.52. The number of aromatic nitrogens is 1. The lowest BCUT2D eigenvalue weighted by Crippen LogP contribution is -2.45. The number of Topliss-reactive ketones (excluding diaryl/α,β-unsaturated/α-hetero) is 1. The number of benzene rings is 1. The summed E-state index contributed by atoms with van der Waals surface area (Å²) in [6, 6.07) is 1.31. The number of hydrogen-bond acceptors (Lipinski definition) is 6. The average Bonchev–Trinajstić information content (AvgIpc) is 3.32. The molecule has 4 rings (SSSR count). The van der Waals surface area contributed by atoms with Crippen LogP contribution in [0.2, 0.25) is 0 Å². The molecule has 1 aromatic carbocycles. The predicted octanol–water partition coefficient (Wildman–Crippen LogP) is 1.51. The van der Waals surface area contributed by atoms with Gasteiger partial charge in [0.05, 0.1) is 16.8 Å². The minimum atomic E-state index is -1.65. The number of rotatable bonds is 7. The van der Waals surface area contributed by atoms with Crippen LogP contribution in [-0.2, 0) is 17.8 Å². The summed E-state index contributed by atoms with van der Waals surface area (Å²) < 4.78 is 42.0. The molecule has 1 fully saturated rings. The van der Waals surface area contributed by atoms with Crippen molar-refractivity contribution in [3.63, 3.8) is 0 Å². The quantitative estimate of drug-likeness (QED) is 0.135. The van der Waals surface area contributed by atoms with Gasteiger partial charge in [0.25, 0.3) is 17.6 Å². The number of fused-ring (bicyclic) bond motifs is 1. The van der Waals surface area contributed by atoms with Crippen LogP contribution in [0.5, 0.6) is 0 Å². The molecule has 1 saturated carbocycles. The van der Waals surface area contributed by atoms with Crippen molar-refractivity contribution in [3.8, 4) is 0 Å². The van der Waals surface area contributed by atoms with Crippen LogP contribution in [0.1, 0.15) is 51.4 Å². The number of nitrogens with zero attached hydrogens (tertiary/aromatic N) is 1. The maximum atomic E-state index is 13.6. The molecule has 0 atom stereocenters. The normalized spacial score (nSPS) is 16.1. The van der Waals surface area contributed by atoms with Gasteiger partial charge in [-0.2, -0.15) is 0 Å². The first kappa shape index (κ1) is 23.4. The number of carbonyl (C=O) groups excluding carboxylic acids is 3. The van der Waals surface area contributed by atoms with Crippen LogP contribution in [0, 0.1) is 24.4 Å². The van der Waals surface area contributed by atoms with Gasteiger partial charge in [-0.05, 0) is 38.2 Å². The zero-order chi connectivity index (χ0) is 24.8. The lowest BCUT2D eigenvalue weighted by molar-refractivity contribution is -0.117. The highest BCUT2D eigenvalue weighted by Gasteiger charge is 2.48. The Balaban J connectivity index is 1.62. The largest absolute Gasteiger partial charge is 0.399 e. The van der Waals surface area contributed by atoms with E-state index in [4.69, 9.17) is 11.6 Å². The smallest absolute Gasteiger partial charge is 0.293 e. The summed E-state index contributed by atoms with van der Waals surface area (Å²) in [5.74, 6) is -1.75. The molecule has 7 N–H and O–H groups in total. The van der Waals surface area contributed by atoms with E-state index in [1.54, 1.807) is 4.57 Å².